The number of phenols is 1. The molecule has 8 heteroatoms. The third-order valence-electron chi connectivity index (χ3n) is 2.90. The molecule has 0 bridgehead atoms. The zero-order valence-corrected chi connectivity index (χ0v) is 12.6. The summed E-state index contributed by atoms with van der Waals surface area (Å²) in [6.07, 6.45) is -3.14. The van der Waals surface area contributed by atoms with Gasteiger partial charge in [0.15, 0.2) is 11.5 Å². The van der Waals surface area contributed by atoms with Gasteiger partial charge in [-0.3, -0.25) is 5.43 Å². The zero-order valence-electron chi connectivity index (χ0n) is 11.9. The van der Waals surface area contributed by atoms with Crippen molar-refractivity contribution >= 4 is 23.5 Å². The molecular formula is C15H12ClF3N2O2. The number of anilines is 1. The minimum absolute atomic E-state index is 0.0236. The predicted molar refractivity (Wildman–Crippen MR) is 82.3 cm³/mol. The van der Waals surface area contributed by atoms with Crippen molar-refractivity contribution in [1.82, 2.24) is 0 Å². The van der Waals surface area contributed by atoms with E-state index < -0.39 is 11.7 Å². The van der Waals surface area contributed by atoms with Crippen LogP contribution in [-0.2, 0) is 6.18 Å². The molecule has 0 radical (unpaired) electrons. The van der Waals surface area contributed by atoms with E-state index >= 15 is 0 Å². The van der Waals surface area contributed by atoms with Crippen molar-refractivity contribution in [1.29, 1.82) is 0 Å². The molecule has 0 heterocycles. The van der Waals surface area contributed by atoms with Crippen LogP contribution >= 0.6 is 11.6 Å². The van der Waals surface area contributed by atoms with Gasteiger partial charge in [0, 0.05) is 0 Å². The molecule has 0 saturated heterocycles. The number of ether oxygens (including phenoxy) is 1. The van der Waals surface area contributed by atoms with Gasteiger partial charge >= 0.3 is 6.18 Å². The quantitative estimate of drug-likeness (QED) is 0.633. The average molecular weight is 345 g/mol. The monoisotopic (exact) mass is 344 g/mol. The summed E-state index contributed by atoms with van der Waals surface area (Å²) < 4.78 is 42.9. The second-order valence-electron chi connectivity index (χ2n) is 4.49. The van der Waals surface area contributed by atoms with E-state index in [2.05, 4.69) is 10.5 Å². The molecule has 0 unspecified atom stereocenters. The van der Waals surface area contributed by atoms with Gasteiger partial charge < -0.3 is 9.84 Å². The number of nitrogens with one attached hydrogen (secondary N) is 1. The van der Waals surface area contributed by atoms with E-state index in [4.69, 9.17) is 16.3 Å². The molecule has 2 aromatic rings. The number of halogens is 4. The Hall–Kier alpha value is -2.41. The number of aromatic hydroxyl groups is 1. The normalized spacial score (nSPS) is 11.7. The summed E-state index contributed by atoms with van der Waals surface area (Å²) >= 11 is 5.83. The van der Waals surface area contributed by atoms with E-state index in [9.17, 15) is 18.3 Å². The van der Waals surface area contributed by atoms with Crippen LogP contribution in [0.2, 0.25) is 5.02 Å². The van der Waals surface area contributed by atoms with E-state index in [1.165, 1.54) is 25.5 Å². The molecule has 4 nitrogen and oxygen atoms in total. The lowest BCUT2D eigenvalue weighted by Gasteiger charge is -2.09. The highest BCUT2D eigenvalue weighted by atomic mass is 35.5. The first-order valence-corrected chi connectivity index (χ1v) is 6.72. The molecule has 0 saturated carbocycles. The first-order chi connectivity index (χ1) is 10.8. The molecule has 0 atom stereocenters. The lowest BCUT2D eigenvalue weighted by atomic mass is 10.2. The predicted octanol–water partition coefficient (Wildman–Crippen LogP) is 4.52. The number of phenolic OH excluding ortho intramolecular Hbond substituents is 1. The maximum absolute atomic E-state index is 12.7. The topological polar surface area (TPSA) is 53.8 Å². The molecule has 2 rings (SSSR count). The van der Waals surface area contributed by atoms with E-state index in [0.29, 0.717) is 11.3 Å². The minimum Gasteiger partial charge on any atom is -0.504 e. The Morgan fingerprint density at radius 1 is 1.22 bits per heavy atom. The molecule has 0 spiro atoms. The van der Waals surface area contributed by atoms with Gasteiger partial charge in [0.1, 0.15) is 0 Å². The summed E-state index contributed by atoms with van der Waals surface area (Å²) in [5.74, 6) is 0.226. The number of methoxy groups -OCH3 is 1. The van der Waals surface area contributed by atoms with Crippen molar-refractivity contribution in [2.75, 3.05) is 12.5 Å². The van der Waals surface area contributed by atoms with Crippen molar-refractivity contribution < 1.29 is 23.0 Å². The molecule has 0 aliphatic heterocycles. The number of hydrogen-bond donors (Lipinski definition) is 2. The molecule has 2 aromatic carbocycles. The van der Waals surface area contributed by atoms with Gasteiger partial charge in [0.05, 0.1) is 29.6 Å². The Bertz CT molecular complexity index is 733. The molecule has 2 N–H and O–H groups in total. The summed E-state index contributed by atoms with van der Waals surface area (Å²) in [5, 5.41) is 13.5. The highest BCUT2D eigenvalue weighted by molar-refractivity contribution is 6.33. The van der Waals surface area contributed by atoms with E-state index in [1.807, 2.05) is 0 Å². The Morgan fingerprint density at radius 2 is 1.96 bits per heavy atom. The Kier molecular flexibility index (Phi) is 5.00. The second-order valence-corrected chi connectivity index (χ2v) is 4.90. The van der Waals surface area contributed by atoms with Crippen molar-refractivity contribution in [3.05, 3.63) is 52.5 Å². The van der Waals surface area contributed by atoms with Crippen LogP contribution in [0.1, 0.15) is 11.1 Å². The molecular weight excluding hydrogens is 333 g/mol. The Morgan fingerprint density at radius 3 is 2.57 bits per heavy atom. The maximum atomic E-state index is 12.7. The lowest BCUT2D eigenvalue weighted by molar-refractivity contribution is -0.137. The van der Waals surface area contributed by atoms with Crippen LogP contribution in [0.15, 0.2) is 41.5 Å². The van der Waals surface area contributed by atoms with E-state index in [-0.39, 0.29) is 16.5 Å². The lowest BCUT2D eigenvalue weighted by Crippen LogP contribution is -2.05. The summed E-state index contributed by atoms with van der Waals surface area (Å²) in [4.78, 5) is 0. The first-order valence-electron chi connectivity index (χ1n) is 6.34. The fraction of sp³-hybridized carbons (Fsp3) is 0.133. The molecule has 122 valence electrons. The summed E-state index contributed by atoms with van der Waals surface area (Å²) in [7, 11) is 1.42. The number of alkyl halides is 3. The average Bonchev–Trinajstić information content (AvgIpc) is 2.48. The largest absolute Gasteiger partial charge is 0.504 e. The van der Waals surface area contributed by atoms with Crippen LogP contribution < -0.4 is 10.2 Å². The molecule has 0 aliphatic carbocycles. The van der Waals surface area contributed by atoms with Crippen LogP contribution in [0.5, 0.6) is 11.5 Å². The van der Waals surface area contributed by atoms with Gasteiger partial charge in [-0.15, -0.1) is 0 Å². The SMILES string of the molecule is COc1ccc(/C=N\Nc2cc(C(F)(F)F)ccc2Cl)cc1O. The summed E-state index contributed by atoms with van der Waals surface area (Å²) in [6, 6.07) is 7.45. The highest BCUT2D eigenvalue weighted by Crippen LogP contribution is 2.33. The number of nitrogens with zero attached hydrogens (tertiary/aromatic N) is 1. The Balaban J connectivity index is 2.15. The number of hydrogen-bond acceptors (Lipinski definition) is 4. The van der Waals surface area contributed by atoms with Crippen molar-refractivity contribution in [3.8, 4) is 11.5 Å². The second kappa shape index (κ2) is 6.78. The van der Waals surface area contributed by atoms with Gasteiger partial charge in [0.2, 0.25) is 0 Å². The molecule has 0 fully saturated rings. The van der Waals surface area contributed by atoms with Gasteiger partial charge in [-0.05, 0) is 42.0 Å². The van der Waals surface area contributed by atoms with Crippen molar-refractivity contribution in [3.63, 3.8) is 0 Å². The van der Waals surface area contributed by atoms with Gasteiger partial charge in [-0.2, -0.15) is 18.3 Å². The smallest absolute Gasteiger partial charge is 0.416 e. The van der Waals surface area contributed by atoms with Gasteiger partial charge in [0.25, 0.3) is 0 Å². The molecule has 0 amide bonds. The van der Waals surface area contributed by atoms with Crippen molar-refractivity contribution in [2.24, 2.45) is 5.10 Å². The minimum atomic E-state index is -4.47. The summed E-state index contributed by atoms with van der Waals surface area (Å²) in [6.45, 7) is 0. The van der Waals surface area contributed by atoms with E-state index in [1.54, 1.807) is 6.07 Å². The summed E-state index contributed by atoms with van der Waals surface area (Å²) in [5.41, 5.74) is 2.17. The van der Waals surface area contributed by atoms with Crippen LogP contribution in [0.3, 0.4) is 0 Å². The maximum Gasteiger partial charge on any atom is 0.416 e. The number of hydrazone groups is 1. The molecule has 0 aromatic heterocycles. The number of rotatable bonds is 4. The standard InChI is InChI=1S/C15H12ClF3N2O2/c1-23-14-5-2-9(6-13(14)22)8-20-21-12-7-10(15(17,18)19)3-4-11(12)16/h2-8,21-22H,1H3/b20-8-. The molecule has 23 heavy (non-hydrogen) atoms. The van der Waals surface area contributed by atoms with Crippen LogP contribution in [-0.4, -0.2) is 18.4 Å². The highest BCUT2D eigenvalue weighted by Gasteiger charge is 2.30. The van der Waals surface area contributed by atoms with Crippen LogP contribution in [0, 0.1) is 0 Å². The fourth-order valence-corrected chi connectivity index (χ4v) is 1.91. The third kappa shape index (κ3) is 4.29. The fourth-order valence-electron chi connectivity index (χ4n) is 1.75. The first kappa shape index (κ1) is 17.0. The van der Waals surface area contributed by atoms with Crippen LogP contribution in [0.25, 0.3) is 0 Å². The van der Waals surface area contributed by atoms with E-state index in [0.717, 1.165) is 18.2 Å². The zero-order chi connectivity index (χ0) is 17.0. The van der Waals surface area contributed by atoms with Crippen molar-refractivity contribution in [2.45, 2.75) is 6.18 Å². The Labute approximate surface area is 135 Å². The third-order valence-corrected chi connectivity index (χ3v) is 3.22. The molecule has 0 aliphatic rings. The van der Waals surface area contributed by atoms with Gasteiger partial charge in [-0.1, -0.05) is 11.6 Å². The van der Waals surface area contributed by atoms with Gasteiger partial charge in [-0.25, -0.2) is 0 Å². The van der Waals surface area contributed by atoms with Crippen LogP contribution in [0.4, 0.5) is 18.9 Å². The number of benzene rings is 2.